The Morgan fingerprint density at radius 1 is 0.881 bits per heavy atom. The third-order valence-corrected chi connectivity index (χ3v) is 9.75. The molecule has 0 unspecified atom stereocenters. The fourth-order valence-electron chi connectivity index (χ4n) is 6.55. The lowest BCUT2D eigenvalue weighted by atomic mass is 9.87. The first-order valence-electron chi connectivity index (χ1n) is 14.8. The zero-order chi connectivity index (χ0) is 29.1. The van der Waals surface area contributed by atoms with Crippen molar-refractivity contribution < 1.29 is 9.18 Å². The molecule has 2 aliphatic rings. The van der Waals surface area contributed by atoms with Crippen molar-refractivity contribution in [1.82, 2.24) is 19.4 Å². The molecule has 7 nitrogen and oxygen atoms in total. The monoisotopic (exact) mass is 586 g/mol. The molecule has 1 saturated carbocycles. The number of amides is 1. The fourth-order valence-corrected chi connectivity index (χ4v) is 7.63. The molecule has 9 heteroatoms. The summed E-state index contributed by atoms with van der Waals surface area (Å²) in [6.45, 7) is 0. The van der Waals surface area contributed by atoms with Crippen molar-refractivity contribution in [3.05, 3.63) is 111 Å². The van der Waals surface area contributed by atoms with E-state index in [0.717, 1.165) is 41.7 Å². The molecule has 6 rings (SSSR count). The van der Waals surface area contributed by atoms with Crippen LogP contribution in [0.5, 0.6) is 0 Å². The predicted octanol–water partition coefficient (Wildman–Crippen LogP) is 5.59. The summed E-state index contributed by atoms with van der Waals surface area (Å²) in [6.07, 6.45) is 5.50. The third kappa shape index (κ3) is 5.93. The van der Waals surface area contributed by atoms with Crippen LogP contribution in [0, 0.1) is 5.82 Å². The van der Waals surface area contributed by atoms with Gasteiger partial charge in [0, 0.05) is 30.5 Å². The number of halogens is 1. The summed E-state index contributed by atoms with van der Waals surface area (Å²) in [5.74, 6) is 1.20. The first-order chi connectivity index (χ1) is 20.5. The number of hydrogen-bond donors (Lipinski definition) is 1. The topological polar surface area (TPSA) is 86.0 Å². The number of rotatable bonds is 7. The molecular formula is C33H35FN4O3S. The first kappa shape index (κ1) is 28.4. The number of nitrogens with one attached hydrogen (secondary N) is 1. The summed E-state index contributed by atoms with van der Waals surface area (Å²) >= 11 is 1.85. The van der Waals surface area contributed by atoms with E-state index in [1.54, 1.807) is 4.57 Å². The second-order valence-electron chi connectivity index (χ2n) is 11.3. The number of pyridine rings is 1. The highest BCUT2D eigenvalue weighted by Crippen LogP contribution is 2.31. The van der Waals surface area contributed by atoms with Gasteiger partial charge in [-0.1, -0.05) is 60.7 Å². The number of benzene rings is 2. The van der Waals surface area contributed by atoms with Crippen LogP contribution < -0.4 is 16.6 Å². The van der Waals surface area contributed by atoms with Gasteiger partial charge in [0.25, 0.3) is 5.56 Å². The Kier molecular flexibility index (Phi) is 8.55. The standard InChI is InChI=1S/C33H35FN4O3S/c34-24-19-29-31(35-21-24)37(27-15-17-42-18-16-27)33(41)38(32(29)40)26-13-11-25(12-14-26)36-30(39)20-28(22-7-3-1-4-8-22)23-9-5-2-6-10-23/h1-10,19,21,25-28H,11-18,20H2,(H,36,39)/t25-,26+. The summed E-state index contributed by atoms with van der Waals surface area (Å²) < 4.78 is 17.2. The van der Waals surface area contributed by atoms with E-state index in [0.29, 0.717) is 32.1 Å². The largest absolute Gasteiger partial charge is 0.353 e. The predicted molar refractivity (Wildman–Crippen MR) is 165 cm³/mol. The molecule has 1 amide bonds. The Labute approximate surface area is 248 Å². The number of aromatic nitrogens is 3. The van der Waals surface area contributed by atoms with E-state index in [4.69, 9.17) is 0 Å². The Bertz CT molecular complexity index is 1620. The van der Waals surface area contributed by atoms with Gasteiger partial charge in [0.1, 0.15) is 11.5 Å². The average molecular weight is 587 g/mol. The van der Waals surface area contributed by atoms with E-state index < -0.39 is 11.4 Å². The third-order valence-electron chi connectivity index (χ3n) is 8.70. The lowest BCUT2D eigenvalue weighted by Gasteiger charge is -2.32. The average Bonchev–Trinajstić information content (AvgIpc) is 3.02. The van der Waals surface area contributed by atoms with Gasteiger partial charge in [0.2, 0.25) is 5.91 Å². The van der Waals surface area contributed by atoms with Crippen molar-refractivity contribution in [2.24, 2.45) is 0 Å². The van der Waals surface area contributed by atoms with Crippen LogP contribution in [0.4, 0.5) is 4.39 Å². The molecule has 1 aliphatic carbocycles. The zero-order valence-electron chi connectivity index (χ0n) is 23.5. The van der Waals surface area contributed by atoms with Crippen LogP contribution in [-0.2, 0) is 4.79 Å². The highest BCUT2D eigenvalue weighted by molar-refractivity contribution is 7.99. The molecule has 3 heterocycles. The van der Waals surface area contributed by atoms with E-state index >= 15 is 0 Å². The molecule has 1 saturated heterocycles. The molecule has 2 aromatic heterocycles. The molecule has 2 aromatic carbocycles. The fraction of sp³-hybridized carbons (Fsp3) is 0.394. The van der Waals surface area contributed by atoms with Crippen LogP contribution >= 0.6 is 11.8 Å². The second kappa shape index (κ2) is 12.7. The van der Waals surface area contributed by atoms with E-state index in [1.165, 1.54) is 10.6 Å². The lowest BCUT2D eigenvalue weighted by Crippen LogP contribution is -2.46. The molecule has 0 spiro atoms. The minimum atomic E-state index is -0.591. The van der Waals surface area contributed by atoms with Crippen molar-refractivity contribution in [2.75, 3.05) is 11.5 Å². The van der Waals surface area contributed by atoms with Crippen LogP contribution in [-0.4, -0.2) is 37.6 Å². The van der Waals surface area contributed by atoms with Gasteiger partial charge in [-0.2, -0.15) is 11.8 Å². The highest BCUT2D eigenvalue weighted by atomic mass is 32.2. The van der Waals surface area contributed by atoms with Crippen molar-refractivity contribution in [3.63, 3.8) is 0 Å². The molecule has 0 radical (unpaired) electrons. The molecule has 1 aliphatic heterocycles. The maximum absolute atomic E-state index is 14.2. The number of carbonyl (C=O) groups excluding carboxylic acids is 1. The Balaban J connectivity index is 1.19. The van der Waals surface area contributed by atoms with Gasteiger partial charge >= 0.3 is 5.69 Å². The molecule has 2 fully saturated rings. The Morgan fingerprint density at radius 3 is 2.10 bits per heavy atom. The molecule has 218 valence electrons. The molecular weight excluding hydrogens is 551 g/mol. The SMILES string of the molecule is O=C(CC(c1ccccc1)c1ccccc1)N[C@H]1CC[C@@H](n2c(=O)c3cc(F)cnc3n(C3CCSCC3)c2=O)CC1. The van der Waals surface area contributed by atoms with Crippen molar-refractivity contribution in [1.29, 1.82) is 0 Å². The van der Waals surface area contributed by atoms with Gasteiger partial charge in [0.05, 0.1) is 11.6 Å². The summed E-state index contributed by atoms with van der Waals surface area (Å²) in [7, 11) is 0. The highest BCUT2D eigenvalue weighted by Gasteiger charge is 2.30. The Morgan fingerprint density at radius 2 is 1.48 bits per heavy atom. The summed E-state index contributed by atoms with van der Waals surface area (Å²) in [4.78, 5) is 44.9. The van der Waals surface area contributed by atoms with Gasteiger partial charge in [-0.05, 0) is 67.2 Å². The maximum Gasteiger partial charge on any atom is 0.333 e. The number of fused-ring (bicyclic) bond motifs is 1. The molecule has 0 bridgehead atoms. The summed E-state index contributed by atoms with van der Waals surface area (Å²) in [5.41, 5.74) is 1.62. The number of hydrogen-bond acceptors (Lipinski definition) is 5. The van der Waals surface area contributed by atoms with Gasteiger partial charge < -0.3 is 5.32 Å². The van der Waals surface area contributed by atoms with Crippen LogP contribution in [0.2, 0.25) is 0 Å². The van der Waals surface area contributed by atoms with Gasteiger partial charge in [-0.3, -0.25) is 18.7 Å². The van der Waals surface area contributed by atoms with Gasteiger partial charge in [0.15, 0.2) is 0 Å². The number of carbonyl (C=O) groups is 1. The van der Waals surface area contributed by atoms with E-state index in [1.807, 2.05) is 48.2 Å². The van der Waals surface area contributed by atoms with E-state index in [9.17, 15) is 18.8 Å². The van der Waals surface area contributed by atoms with Gasteiger partial charge in [-0.25, -0.2) is 14.2 Å². The van der Waals surface area contributed by atoms with Gasteiger partial charge in [-0.15, -0.1) is 0 Å². The van der Waals surface area contributed by atoms with Crippen LogP contribution in [0.1, 0.15) is 74.1 Å². The number of nitrogens with zero attached hydrogens (tertiary/aromatic N) is 3. The molecule has 0 atom stereocenters. The van der Waals surface area contributed by atoms with Crippen molar-refractivity contribution >= 4 is 28.7 Å². The molecule has 4 aromatic rings. The molecule has 42 heavy (non-hydrogen) atoms. The second-order valence-corrected chi connectivity index (χ2v) is 12.6. The summed E-state index contributed by atoms with van der Waals surface area (Å²) in [6, 6.07) is 20.9. The van der Waals surface area contributed by atoms with Crippen LogP contribution in [0.15, 0.2) is 82.5 Å². The lowest BCUT2D eigenvalue weighted by molar-refractivity contribution is -0.122. The normalized spacial score (nSPS) is 19.7. The smallest absolute Gasteiger partial charge is 0.333 e. The minimum Gasteiger partial charge on any atom is -0.353 e. The minimum absolute atomic E-state index is 0.0156. The molecule has 1 N–H and O–H groups in total. The number of thioether (sulfide) groups is 1. The van der Waals surface area contributed by atoms with E-state index in [2.05, 4.69) is 34.6 Å². The zero-order valence-corrected chi connectivity index (χ0v) is 24.3. The maximum atomic E-state index is 14.2. The first-order valence-corrected chi connectivity index (χ1v) is 15.9. The summed E-state index contributed by atoms with van der Waals surface area (Å²) in [5, 5.41) is 3.37. The quantitative estimate of drug-likeness (QED) is 0.305. The van der Waals surface area contributed by atoms with E-state index in [-0.39, 0.29) is 46.7 Å². The van der Waals surface area contributed by atoms with Crippen molar-refractivity contribution in [2.45, 2.75) is 69.0 Å². The Hall–Kier alpha value is -3.72. The van der Waals surface area contributed by atoms with Crippen LogP contribution in [0.3, 0.4) is 0 Å². The van der Waals surface area contributed by atoms with Crippen LogP contribution in [0.25, 0.3) is 11.0 Å². The van der Waals surface area contributed by atoms with Crippen molar-refractivity contribution in [3.8, 4) is 0 Å².